The second-order valence-corrected chi connectivity index (χ2v) is 4.26. The van der Waals surface area contributed by atoms with E-state index < -0.39 is 0 Å². The standard InChI is InChI=1S/C13H16ClFN2/c1-3-17(9-10(2)8-16)13-5-4-11(7-14)6-12(13)15/h4-6,10H,3,7,9H2,1-2H3. The van der Waals surface area contributed by atoms with Crippen LogP contribution in [0.3, 0.4) is 0 Å². The fourth-order valence-corrected chi connectivity index (χ4v) is 1.83. The predicted octanol–water partition coefficient (Wildman–Crippen LogP) is 3.55. The van der Waals surface area contributed by atoms with Crippen LogP contribution in [0.2, 0.25) is 0 Å². The molecule has 92 valence electrons. The Morgan fingerprint density at radius 2 is 2.24 bits per heavy atom. The Balaban J connectivity index is 2.93. The van der Waals surface area contributed by atoms with Crippen LogP contribution in [-0.4, -0.2) is 13.1 Å². The average molecular weight is 255 g/mol. The Kier molecular flexibility index (Phi) is 5.24. The number of rotatable bonds is 5. The van der Waals surface area contributed by atoms with Gasteiger partial charge >= 0.3 is 0 Å². The van der Waals surface area contributed by atoms with Gasteiger partial charge in [0.1, 0.15) is 5.82 Å². The zero-order valence-electron chi connectivity index (χ0n) is 10.1. The molecule has 0 aromatic heterocycles. The smallest absolute Gasteiger partial charge is 0.146 e. The van der Waals surface area contributed by atoms with E-state index in [9.17, 15) is 4.39 Å². The molecule has 17 heavy (non-hydrogen) atoms. The molecule has 0 bridgehead atoms. The Morgan fingerprint density at radius 1 is 1.53 bits per heavy atom. The lowest BCUT2D eigenvalue weighted by molar-refractivity contribution is 0.606. The third kappa shape index (κ3) is 3.61. The molecule has 1 aromatic rings. The molecular formula is C13H16ClFN2. The van der Waals surface area contributed by atoms with Crippen molar-refractivity contribution in [1.82, 2.24) is 0 Å². The van der Waals surface area contributed by atoms with E-state index in [1.807, 2.05) is 24.8 Å². The van der Waals surface area contributed by atoms with Gasteiger partial charge < -0.3 is 4.90 Å². The number of alkyl halides is 1. The topological polar surface area (TPSA) is 27.0 Å². The van der Waals surface area contributed by atoms with Crippen LogP contribution in [0.1, 0.15) is 19.4 Å². The van der Waals surface area contributed by atoms with Crippen molar-refractivity contribution in [3.8, 4) is 6.07 Å². The number of halogens is 2. The molecule has 2 nitrogen and oxygen atoms in total. The van der Waals surface area contributed by atoms with E-state index in [4.69, 9.17) is 16.9 Å². The molecule has 0 radical (unpaired) electrons. The summed E-state index contributed by atoms with van der Waals surface area (Å²) in [6.07, 6.45) is 0. The normalized spacial score (nSPS) is 11.9. The molecule has 0 N–H and O–H groups in total. The molecule has 0 heterocycles. The highest BCUT2D eigenvalue weighted by molar-refractivity contribution is 6.17. The third-order valence-corrected chi connectivity index (χ3v) is 2.91. The summed E-state index contributed by atoms with van der Waals surface area (Å²) in [6.45, 7) is 4.97. The van der Waals surface area contributed by atoms with E-state index in [2.05, 4.69) is 6.07 Å². The number of nitrogens with zero attached hydrogens (tertiary/aromatic N) is 2. The van der Waals surface area contributed by atoms with E-state index in [1.165, 1.54) is 6.07 Å². The van der Waals surface area contributed by atoms with Gasteiger partial charge in [0.25, 0.3) is 0 Å². The Labute approximate surface area is 107 Å². The Hall–Kier alpha value is -1.27. The van der Waals surface area contributed by atoms with Gasteiger partial charge in [0.05, 0.1) is 17.7 Å². The van der Waals surface area contributed by atoms with Gasteiger partial charge in [-0.2, -0.15) is 5.26 Å². The van der Waals surface area contributed by atoms with E-state index >= 15 is 0 Å². The lowest BCUT2D eigenvalue weighted by Crippen LogP contribution is -2.28. The van der Waals surface area contributed by atoms with Gasteiger partial charge in [-0.25, -0.2) is 4.39 Å². The lowest BCUT2D eigenvalue weighted by Gasteiger charge is -2.24. The molecule has 0 aliphatic heterocycles. The summed E-state index contributed by atoms with van der Waals surface area (Å²) in [5.74, 6) is -0.102. The van der Waals surface area contributed by atoms with Gasteiger partial charge in [0, 0.05) is 19.0 Å². The maximum Gasteiger partial charge on any atom is 0.146 e. The minimum atomic E-state index is -0.282. The summed E-state index contributed by atoms with van der Waals surface area (Å²) in [7, 11) is 0. The van der Waals surface area contributed by atoms with Gasteiger partial charge in [-0.15, -0.1) is 11.6 Å². The van der Waals surface area contributed by atoms with Crippen LogP contribution < -0.4 is 4.90 Å². The molecule has 0 amide bonds. The van der Waals surface area contributed by atoms with Crippen molar-refractivity contribution in [3.63, 3.8) is 0 Å². The number of anilines is 1. The highest BCUT2D eigenvalue weighted by Crippen LogP contribution is 2.22. The van der Waals surface area contributed by atoms with Crippen molar-refractivity contribution in [2.45, 2.75) is 19.7 Å². The van der Waals surface area contributed by atoms with E-state index in [0.717, 1.165) is 5.56 Å². The molecule has 0 saturated heterocycles. The first-order valence-corrected chi connectivity index (χ1v) is 6.14. The number of hydrogen-bond donors (Lipinski definition) is 0. The molecule has 1 unspecified atom stereocenters. The van der Waals surface area contributed by atoms with Gasteiger partial charge in [0.2, 0.25) is 0 Å². The SMILES string of the molecule is CCN(CC(C)C#N)c1ccc(CCl)cc1F. The van der Waals surface area contributed by atoms with Gasteiger partial charge in [0.15, 0.2) is 0 Å². The Bertz CT molecular complexity index is 414. The van der Waals surface area contributed by atoms with Crippen LogP contribution in [0.4, 0.5) is 10.1 Å². The lowest BCUT2D eigenvalue weighted by atomic mass is 10.1. The van der Waals surface area contributed by atoms with Crippen molar-refractivity contribution in [1.29, 1.82) is 5.26 Å². The fraction of sp³-hybridized carbons (Fsp3) is 0.462. The predicted molar refractivity (Wildman–Crippen MR) is 68.6 cm³/mol. The first kappa shape index (κ1) is 13.8. The summed E-state index contributed by atoms with van der Waals surface area (Å²) in [6, 6.07) is 7.14. The first-order chi connectivity index (χ1) is 8.12. The van der Waals surface area contributed by atoms with Crippen molar-refractivity contribution in [3.05, 3.63) is 29.6 Å². The monoisotopic (exact) mass is 254 g/mol. The summed E-state index contributed by atoms with van der Waals surface area (Å²) in [5, 5.41) is 8.79. The molecule has 1 rings (SSSR count). The zero-order chi connectivity index (χ0) is 12.8. The van der Waals surface area contributed by atoms with Crippen molar-refractivity contribution >= 4 is 17.3 Å². The average Bonchev–Trinajstić information content (AvgIpc) is 2.35. The van der Waals surface area contributed by atoms with Crippen molar-refractivity contribution < 1.29 is 4.39 Å². The van der Waals surface area contributed by atoms with Gasteiger partial charge in [-0.3, -0.25) is 0 Å². The van der Waals surface area contributed by atoms with Crippen LogP contribution in [0.15, 0.2) is 18.2 Å². The number of nitriles is 1. The Morgan fingerprint density at radius 3 is 2.71 bits per heavy atom. The van der Waals surface area contributed by atoms with Gasteiger partial charge in [-0.05, 0) is 31.5 Å². The highest BCUT2D eigenvalue weighted by Gasteiger charge is 2.13. The maximum absolute atomic E-state index is 13.8. The van der Waals surface area contributed by atoms with Crippen LogP contribution >= 0.6 is 11.6 Å². The quantitative estimate of drug-likeness (QED) is 0.752. The van der Waals surface area contributed by atoms with E-state index in [0.29, 0.717) is 24.7 Å². The van der Waals surface area contributed by atoms with Gasteiger partial charge in [-0.1, -0.05) is 6.07 Å². The number of hydrogen-bond acceptors (Lipinski definition) is 2. The summed E-state index contributed by atoms with van der Waals surface area (Å²) < 4.78 is 13.8. The highest BCUT2D eigenvalue weighted by atomic mass is 35.5. The fourth-order valence-electron chi connectivity index (χ4n) is 1.66. The second-order valence-electron chi connectivity index (χ2n) is 3.99. The summed E-state index contributed by atoms with van der Waals surface area (Å²) in [5.41, 5.74) is 1.29. The molecule has 4 heteroatoms. The summed E-state index contributed by atoms with van der Waals surface area (Å²) in [4.78, 5) is 1.86. The third-order valence-electron chi connectivity index (χ3n) is 2.60. The molecular weight excluding hydrogens is 239 g/mol. The van der Waals surface area contributed by atoms with Crippen molar-refractivity contribution in [2.24, 2.45) is 5.92 Å². The molecule has 0 fully saturated rings. The molecule has 1 aromatic carbocycles. The molecule has 0 spiro atoms. The zero-order valence-corrected chi connectivity index (χ0v) is 10.8. The molecule has 0 aliphatic rings. The minimum Gasteiger partial charge on any atom is -0.368 e. The van der Waals surface area contributed by atoms with Crippen LogP contribution in [0, 0.1) is 23.1 Å². The largest absolute Gasteiger partial charge is 0.368 e. The summed E-state index contributed by atoms with van der Waals surface area (Å²) >= 11 is 5.65. The maximum atomic E-state index is 13.8. The van der Waals surface area contributed by atoms with Crippen LogP contribution in [0.25, 0.3) is 0 Å². The minimum absolute atomic E-state index is 0.123. The van der Waals surface area contributed by atoms with E-state index in [1.54, 1.807) is 6.07 Å². The number of benzene rings is 1. The van der Waals surface area contributed by atoms with E-state index in [-0.39, 0.29) is 11.7 Å². The molecule has 1 atom stereocenters. The van der Waals surface area contributed by atoms with Crippen molar-refractivity contribution in [2.75, 3.05) is 18.0 Å². The molecule has 0 aliphatic carbocycles. The first-order valence-electron chi connectivity index (χ1n) is 5.61. The second kappa shape index (κ2) is 6.46. The van der Waals surface area contributed by atoms with Crippen LogP contribution in [0.5, 0.6) is 0 Å². The van der Waals surface area contributed by atoms with Crippen LogP contribution in [-0.2, 0) is 5.88 Å². The molecule has 0 saturated carbocycles.